The average Bonchev–Trinajstić information content (AvgIpc) is 3.18. The average molecular weight is 364 g/mol. The molecule has 2 heterocycles. The number of fused-ring (bicyclic) bond motifs is 1. The third-order valence-corrected chi connectivity index (χ3v) is 5.30. The molecule has 1 atom stereocenters. The summed E-state index contributed by atoms with van der Waals surface area (Å²) in [6.45, 7) is 6.74. The zero-order valence-corrected chi connectivity index (χ0v) is 16.0. The first-order valence-electron chi connectivity index (χ1n) is 9.39. The van der Waals surface area contributed by atoms with Gasteiger partial charge in [0.05, 0.1) is 23.6 Å². The van der Waals surface area contributed by atoms with Crippen molar-refractivity contribution in [2.75, 3.05) is 5.32 Å². The molecule has 0 saturated heterocycles. The van der Waals surface area contributed by atoms with E-state index in [0.29, 0.717) is 18.2 Å². The molecule has 1 aliphatic rings. The highest BCUT2D eigenvalue weighted by molar-refractivity contribution is 6.04. The molecule has 1 aliphatic carbocycles. The first kappa shape index (κ1) is 17.5. The van der Waals surface area contributed by atoms with Gasteiger partial charge in [-0.05, 0) is 38.2 Å². The fourth-order valence-corrected chi connectivity index (χ4v) is 3.72. The van der Waals surface area contributed by atoms with E-state index >= 15 is 0 Å². The van der Waals surface area contributed by atoms with Gasteiger partial charge in [-0.1, -0.05) is 42.4 Å². The van der Waals surface area contributed by atoms with Crippen LogP contribution in [0.4, 0.5) is 5.69 Å². The summed E-state index contributed by atoms with van der Waals surface area (Å²) in [6.07, 6.45) is 2.77. The Morgan fingerprint density at radius 1 is 1.30 bits per heavy atom. The molecule has 27 heavy (non-hydrogen) atoms. The highest BCUT2D eigenvalue weighted by Crippen LogP contribution is 2.29. The Balaban J connectivity index is 1.56. The molecule has 0 spiro atoms. The second-order valence-electron chi connectivity index (χ2n) is 7.42. The van der Waals surface area contributed by atoms with Gasteiger partial charge in [-0.3, -0.25) is 9.48 Å². The fourth-order valence-electron chi connectivity index (χ4n) is 3.72. The van der Waals surface area contributed by atoms with E-state index in [9.17, 15) is 4.79 Å². The number of nitrogens with zero attached hydrogens (tertiary/aromatic N) is 3. The molecule has 6 heteroatoms. The van der Waals surface area contributed by atoms with E-state index < -0.39 is 0 Å². The number of amides is 1. The van der Waals surface area contributed by atoms with Crippen molar-refractivity contribution in [3.8, 4) is 0 Å². The Bertz CT molecular complexity index is 972. The van der Waals surface area contributed by atoms with E-state index in [4.69, 9.17) is 4.52 Å². The van der Waals surface area contributed by atoms with E-state index in [1.807, 2.05) is 36.7 Å². The minimum absolute atomic E-state index is 0.223. The van der Waals surface area contributed by atoms with Crippen molar-refractivity contribution in [1.82, 2.24) is 14.9 Å². The Morgan fingerprint density at radius 3 is 2.85 bits per heavy atom. The van der Waals surface area contributed by atoms with Crippen LogP contribution >= 0.6 is 0 Å². The summed E-state index contributed by atoms with van der Waals surface area (Å²) in [4.78, 5) is 12.9. The number of rotatable bonds is 4. The Labute approximate surface area is 158 Å². The number of aryl methyl sites for hydroxylation is 2. The maximum atomic E-state index is 12.9. The summed E-state index contributed by atoms with van der Waals surface area (Å²) < 4.78 is 7.32. The Morgan fingerprint density at radius 2 is 2.07 bits per heavy atom. The number of anilines is 1. The van der Waals surface area contributed by atoms with Gasteiger partial charge < -0.3 is 9.84 Å². The highest BCUT2D eigenvalue weighted by atomic mass is 16.5. The largest absolute Gasteiger partial charge is 0.360 e. The number of carbonyl (C=O) groups is 1. The van der Waals surface area contributed by atoms with Crippen molar-refractivity contribution in [3.63, 3.8) is 0 Å². The van der Waals surface area contributed by atoms with Crippen LogP contribution in [-0.4, -0.2) is 20.8 Å². The number of carbonyl (C=O) groups excluding carboxylic acids is 1. The van der Waals surface area contributed by atoms with Gasteiger partial charge in [0.2, 0.25) is 0 Å². The molecule has 140 valence electrons. The van der Waals surface area contributed by atoms with Crippen LogP contribution in [-0.2, 0) is 19.4 Å². The molecule has 3 aromatic rings. The van der Waals surface area contributed by atoms with Crippen molar-refractivity contribution in [3.05, 3.63) is 64.3 Å². The van der Waals surface area contributed by atoms with Crippen molar-refractivity contribution in [1.29, 1.82) is 0 Å². The lowest BCUT2D eigenvalue weighted by Crippen LogP contribution is -2.18. The standard InChI is InChI=1S/C21H24N4O2/c1-13-9-10-18-17(11-13)20(24-27-18)21(26)22-19-14(2)23-25(15(19)3)12-16-7-5-4-6-8-16/h4-8,13H,9-12H2,1-3H3,(H,22,26)/t13-/m1/s1. The smallest absolute Gasteiger partial charge is 0.278 e. The van der Waals surface area contributed by atoms with Crippen LogP contribution in [0, 0.1) is 19.8 Å². The predicted molar refractivity (Wildman–Crippen MR) is 103 cm³/mol. The number of benzene rings is 1. The monoisotopic (exact) mass is 364 g/mol. The minimum atomic E-state index is -0.223. The molecular weight excluding hydrogens is 340 g/mol. The lowest BCUT2D eigenvalue weighted by Gasteiger charge is -2.16. The number of hydrogen-bond acceptors (Lipinski definition) is 4. The first-order valence-corrected chi connectivity index (χ1v) is 9.39. The summed E-state index contributed by atoms with van der Waals surface area (Å²) in [7, 11) is 0. The normalized spacial score (nSPS) is 16.2. The fraction of sp³-hybridized carbons (Fsp3) is 0.381. The summed E-state index contributed by atoms with van der Waals surface area (Å²) in [5.74, 6) is 1.17. The van der Waals surface area contributed by atoms with Crippen molar-refractivity contribution < 1.29 is 9.32 Å². The van der Waals surface area contributed by atoms with E-state index in [1.54, 1.807) is 0 Å². The third kappa shape index (κ3) is 3.39. The molecule has 1 aromatic carbocycles. The molecular formula is C21H24N4O2. The molecule has 2 aromatic heterocycles. The van der Waals surface area contributed by atoms with Crippen LogP contribution in [0.1, 0.15) is 52.1 Å². The predicted octanol–water partition coefficient (Wildman–Crippen LogP) is 3.91. The number of aromatic nitrogens is 3. The van der Waals surface area contributed by atoms with Crippen LogP contribution < -0.4 is 5.32 Å². The van der Waals surface area contributed by atoms with E-state index in [1.165, 1.54) is 5.56 Å². The molecule has 0 saturated carbocycles. The molecule has 0 bridgehead atoms. The van der Waals surface area contributed by atoms with E-state index in [0.717, 1.165) is 47.7 Å². The molecule has 0 unspecified atom stereocenters. The van der Waals surface area contributed by atoms with Crippen molar-refractivity contribution in [2.24, 2.45) is 5.92 Å². The topological polar surface area (TPSA) is 73.0 Å². The van der Waals surface area contributed by atoms with Gasteiger partial charge in [0.25, 0.3) is 5.91 Å². The third-order valence-electron chi connectivity index (χ3n) is 5.30. The van der Waals surface area contributed by atoms with Crippen molar-refractivity contribution in [2.45, 2.75) is 46.6 Å². The second kappa shape index (κ2) is 7.02. The van der Waals surface area contributed by atoms with Crippen molar-refractivity contribution >= 4 is 11.6 Å². The molecule has 0 radical (unpaired) electrons. The van der Waals surface area contributed by atoms with Crippen LogP contribution in [0.25, 0.3) is 0 Å². The molecule has 4 rings (SSSR count). The van der Waals surface area contributed by atoms with Gasteiger partial charge in [-0.2, -0.15) is 5.10 Å². The molecule has 1 N–H and O–H groups in total. The number of hydrogen-bond donors (Lipinski definition) is 1. The maximum Gasteiger partial charge on any atom is 0.278 e. The highest BCUT2D eigenvalue weighted by Gasteiger charge is 2.27. The zero-order chi connectivity index (χ0) is 19.0. The van der Waals surface area contributed by atoms with E-state index in [2.05, 4.69) is 34.6 Å². The van der Waals surface area contributed by atoms with Gasteiger partial charge in [-0.25, -0.2) is 0 Å². The van der Waals surface area contributed by atoms with Gasteiger partial charge in [0.15, 0.2) is 5.69 Å². The lowest BCUT2D eigenvalue weighted by atomic mass is 9.88. The second-order valence-corrected chi connectivity index (χ2v) is 7.42. The minimum Gasteiger partial charge on any atom is -0.360 e. The zero-order valence-electron chi connectivity index (χ0n) is 16.0. The van der Waals surface area contributed by atoms with Crippen LogP contribution in [0.3, 0.4) is 0 Å². The molecule has 6 nitrogen and oxygen atoms in total. The van der Waals surface area contributed by atoms with Crippen LogP contribution in [0.5, 0.6) is 0 Å². The summed E-state index contributed by atoms with van der Waals surface area (Å²) in [5, 5.41) is 11.7. The lowest BCUT2D eigenvalue weighted by molar-refractivity contribution is 0.101. The Hall–Kier alpha value is -2.89. The molecule has 1 amide bonds. The van der Waals surface area contributed by atoms with Crippen LogP contribution in [0.2, 0.25) is 0 Å². The summed E-state index contributed by atoms with van der Waals surface area (Å²) >= 11 is 0. The van der Waals surface area contributed by atoms with Crippen LogP contribution in [0.15, 0.2) is 34.9 Å². The molecule has 0 fully saturated rings. The van der Waals surface area contributed by atoms with E-state index in [-0.39, 0.29) is 5.91 Å². The van der Waals surface area contributed by atoms with Gasteiger partial charge in [0.1, 0.15) is 5.76 Å². The number of nitrogens with one attached hydrogen (secondary N) is 1. The quantitative estimate of drug-likeness (QED) is 0.762. The Kier molecular flexibility index (Phi) is 4.56. The SMILES string of the molecule is Cc1nn(Cc2ccccc2)c(C)c1NC(=O)c1noc2c1C[C@H](C)CC2. The van der Waals surface area contributed by atoms with Gasteiger partial charge in [-0.15, -0.1) is 0 Å². The molecule has 0 aliphatic heterocycles. The maximum absolute atomic E-state index is 12.9. The van der Waals surface area contributed by atoms with Gasteiger partial charge in [0, 0.05) is 12.0 Å². The van der Waals surface area contributed by atoms with Gasteiger partial charge >= 0.3 is 0 Å². The first-order chi connectivity index (χ1) is 13.0. The summed E-state index contributed by atoms with van der Waals surface area (Å²) in [5.41, 5.74) is 5.00. The summed E-state index contributed by atoms with van der Waals surface area (Å²) in [6, 6.07) is 10.2.